The Balaban J connectivity index is 1.38. The zero-order chi connectivity index (χ0) is 17.3. The molecule has 0 aromatic heterocycles. The largest absolute Gasteiger partial charge is 0.489 e. The van der Waals surface area contributed by atoms with Gasteiger partial charge in [0, 0.05) is 11.6 Å². The molecule has 0 saturated carbocycles. The maximum atomic E-state index is 5.99. The molecule has 1 aliphatic carbocycles. The molecule has 25 heavy (non-hydrogen) atoms. The minimum Gasteiger partial charge on any atom is -0.489 e. The molecule has 0 spiro atoms. The van der Waals surface area contributed by atoms with Gasteiger partial charge in [0.1, 0.15) is 12.4 Å². The Kier molecular flexibility index (Phi) is 6.96. The van der Waals surface area contributed by atoms with E-state index in [4.69, 9.17) is 16.3 Å². The predicted molar refractivity (Wildman–Crippen MR) is 105 cm³/mol. The first-order valence-corrected chi connectivity index (χ1v) is 9.52. The third kappa shape index (κ3) is 6.22. The van der Waals surface area contributed by atoms with Crippen LogP contribution in [0, 0.1) is 0 Å². The fourth-order valence-corrected chi connectivity index (χ4v) is 3.32. The molecule has 0 aliphatic heterocycles. The van der Waals surface area contributed by atoms with Crippen LogP contribution >= 0.6 is 11.6 Å². The topological polar surface area (TPSA) is 21.3 Å². The number of hydrogen-bond donors (Lipinski definition) is 1. The monoisotopic (exact) mass is 355 g/mol. The van der Waals surface area contributed by atoms with Crippen LogP contribution in [0.5, 0.6) is 5.75 Å². The second kappa shape index (κ2) is 9.65. The third-order valence-corrected chi connectivity index (χ3v) is 4.79. The van der Waals surface area contributed by atoms with Gasteiger partial charge in [-0.15, -0.1) is 0 Å². The maximum absolute atomic E-state index is 5.99. The van der Waals surface area contributed by atoms with Crippen LogP contribution in [-0.4, -0.2) is 6.54 Å². The van der Waals surface area contributed by atoms with E-state index >= 15 is 0 Å². The van der Waals surface area contributed by atoms with Gasteiger partial charge in [0.15, 0.2) is 0 Å². The Hall–Kier alpha value is -1.77. The molecular weight excluding hydrogens is 330 g/mol. The minimum atomic E-state index is 0.535. The number of benzene rings is 2. The highest BCUT2D eigenvalue weighted by molar-refractivity contribution is 6.30. The zero-order valence-electron chi connectivity index (χ0n) is 14.6. The molecule has 2 aromatic carbocycles. The van der Waals surface area contributed by atoms with Gasteiger partial charge in [-0.2, -0.15) is 0 Å². The molecule has 2 nitrogen and oxygen atoms in total. The van der Waals surface area contributed by atoms with Crippen molar-refractivity contribution in [1.82, 2.24) is 5.32 Å². The molecule has 1 aliphatic rings. The van der Waals surface area contributed by atoms with Crippen molar-refractivity contribution in [2.24, 2.45) is 0 Å². The van der Waals surface area contributed by atoms with E-state index in [1.54, 1.807) is 5.57 Å². The molecule has 0 heterocycles. The summed E-state index contributed by atoms with van der Waals surface area (Å²) in [6.45, 7) is 2.49. The van der Waals surface area contributed by atoms with E-state index in [2.05, 4.69) is 23.5 Å². The summed E-state index contributed by atoms with van der Waals surface area (Å²) < 4.78 is 5.82. The molecule has 0 atom stereocenters. The summed E-state index contributed by atoms with van der Waals surface area (Å²) >= 11 is 5.99. The van der Waals surface area contributed by atoms with E-state index in [1.807, 2.05) is 36.4 Å². The number of rotatable bonds is 8. The van der Waals surface area contributed by atoms with E-state index in [1.165, 1.54) is 37.7 Å². The van der Waals surface area contributed by atoms with Crippen LogP contribution in [0.3, 0.4) is 0 Å². The van der Waals surface area contributed by atoms with Gasteiger partial charge in [-0.25, -0.2) is 0 Å². The molecule has 3 heteroatoms. The lowest BCUT2D eigenvalue weighted by molar-refractivity contribution is 0.306. The molecule has 0 fully saturated rings. The Bertz CT molecular complexity index is 693. The molecule has 132 valence electrons. The minimum absolute atomic E-state index is 0.535. The number of allylic oxidation sites excluding steroid dienone is 1. The maximum Gasteiger partial charge on any atom is 0.119 e. The van der Waals surface area contributed by atoms with Gasteiger partial charge in [-0.1, -0.05) is 47.5 Å². The molecule has 3 rings (SSSR count). The van der Waals surface area contributed by atoms with Gasteiger partial charge in [0.05, 0.1) is 0 Å². The zero-order valence-corrected chi connectivity index (χ0v) is 15.4. The van der Waals surface area contributed by atoms with E-state index in [0.717, 1.165) is 29.4 Å². The molecule has 0 unspecified atom stereocenters. The average molecular weight is 356 g/mol. The van der Waals surface area contributed by atoms with Crippen LogP contribution in [0.2, 0.25) is 5.02 Å². The van der Waals surface area contributed by atoms with Crippen LogP contribution in [-0.2, 0) is 13.2 Å². The van der Waals surface area contributed by atoms with Crippen molar-refractivity contribution in [3.63, 3.8) is 0 Å². The fraction of sp³-hybridized carbons (Fsp3) is 0.364. The van der Waals surface area contributed by atoms with Gasteiger partial charge in [-0.05, 0) is 74.0 Å². The lowest BCUT2D eigenvalue weighted by Crippen LogP contribution is -2.15. The first-order chi connectivity index (χ1) is 12.3. The van der Waals surface area contributed by atoms with E-state index in [0.29, 0.717) is 6.61 Å². The highest BCUT2D eigenvalue weighted by atomic mass is 35.5. The second-order valence-electron chi connectivity index (χ2n) is 6.60. The van der Waals surface area contributed by atoms with Crippen LogP contribution in [0.25, 0.3) is 0 Å². The molecule has 0 bridgehead atoms. The molecule has 2 aromatic rings. The summed E-state index contributed by atoms with van der Waals surface area (Å²) in [4.78, 5) is 0. The molecule has 0 saturated heterocycles. The fourth-order valence-electron chi connectivity index (χ4n) is 3.11. The summed E-state index contributed by atoms with van der Waals surface area (Å²) in [6.07, 6.45) is 8.90. The van der Waals surface area contributed by atoms with E-state index in [-0.39, 0.29) is 0 Å². The molecule has 0 radical (unpaired) electrons. The Morgan fingerprint density at radius 3 is 2.64 bits per heavy atom. The van der Waals surface area contributed by atoms with Gasteiger partial charge in [-0.3, -0.25) is 0 Å². The summed E-state index contributed by atoms with van der Waals surface area (Å²) in [7, 11) is 0. The quantitative estimate of drug-likeness (QED) is 0.470. The van der Waals surface area contributed by atoms with Crippen molar-refractivity contribution in [3.05, 3.63) is 76.3 Å². The van der Waals surface area contributed by atoms with Crippen LogP contribution in [0.4, 0.5) is 0 Å². The van der Waals surface area contributed by atoms with Crippen molar-refractivity contribution in [2.45, 2.75) is 45.3 Å². The molecule has 0 amide bonds. The van der Waals surface area contributed by atoms with Crippen molar-refractivity contribution in [3.8, 4) is 5.75 Å². The van der Waals surface area contributed by atoms with Gasteiger partial charge >= 0.3 is 0 Å². The SMILES string of the molecule is Clc1cccc(COc2ccc(CNCCC3=CCCCC3)cc2)c1. The summed E-state index contributed by atoms with van der Waals surface area (Å²) in [5, 5.41) is 4.28. The smallest absolute Gasteiger partial charge is 0.119 e. The van der Waals surface area contributed by atoms with E-state index in [9.17, 15) is 0 Å². The number of ether oxygens (including phenoxy) is 1. The predicted octanol–water partition coefficient (Wildman–Crippen LogP) is 5.90. The third-order valence-electron chi connectivity index (χ3n) is 4.55. The van der Waals surface area contributed by atoms with Crippen molar-refractivity contribution < 1.29 is 4.74 Å². The van der Waals surface area contributed by atoms with Gasteiger partial charge in [0.25, 0.3) is 0 Å². The highest BCUT2D eigenvalue weighted by Gasteiger charge is 2.03. The molecule has 1 N–H and O–H groups in total. The number of hydrogen-bond acceptors (Lipinski definition) is 2. The summed E-state index contributed by atoms with van der Waals surface area (Å²) in [6, 6.07) is 16.1. The standard InChI is InChI=1S/C22H26ClNO/c23-21-8-4-7-20(15-21)17-25-22-11-9-19(10-12-22)16-24-14-13-18-5-2-1-3-6-18/h4-5,7-12,15,24H,1-3,6,13-14,16-17H2. The Labute approximate surface area is 155 Å². The van der Waals surface area contributed by atoms with Crippen LogP contribution in [0.15, 0.2) is 60.2 Å². The number of nitrogens with one attached hydrogen (secondary N) is 1. The van der Waals surface area contributed by atoms with Gasteiger partial charge < -0.3 is 10.1 Å². The van der Waals surface area contributed by atoms with Crippen LogP contribution < -0.4 is 10.1 Å². The Morgan fingerprint density at radius 2 is 1.88 bits per heavy atom. The van der Waals surface area contributed by atoms with E-state index < -0.39 is 0 Å². The number of halogens is 1. The lowest BCUT2D eigenvalue weighted by atomic mass is 9.97. The van der Waals surface area contributed by atoms with Crippen molar-refractivity contribution >= 4 is 11.6 Å². The van der Waals surface area contributed by atoms with Gasteiger partial charge in [0.2, 0.25) is 0 Å². The van der Waals surface area contributed by atoms with Crippen molar-refractivity contribution in [1.29, 1.82) is 0 Å². The normalized spacial score (nSPS) is 14.2. The summed E-state index contributed by atoms with van der Waals surface area (Å²) in [5.74, 6) is 0.885. The summed E-state index contributed by atoms with van der Waals surface area (Å²) in [5.41, 5.74) is 3.99. The highest BCUT2D eigenvalue weighted by Crippen LogP contribution is 2.19. The average Bonchev–Trinajstić information content (AvgIpc) is 2.65. The second-order valence-corrected chi connectivity index (χ2v) is 7.03. The van der Waals surface area contributed by atoms with Crippen LogP contribution in [0.1, 0.15) is 43.2 Å². The molecular formula is C22H26ClNO. The van der Waals surface area contributed by atoms with Crippen molar-refractivity contribution in [2.75, 3.05) is 6.54 Å². The first-order valence-electron chi connectivity index (χ1n) is 9.14. The Morgan fingerprint density at radius 1 is 1.00 bits per heavy atom. The lowest BCUT2D eigenvalue weighted by Gasteiger charge is -2.13. The first kappa shape index (κ1) is 18.0.